The van der Waals surface area contributed by atoms with Crippen molar-refractivity contribution in [3.63, 3.8) is 0 Å². The normalized spacial score (nSPS) is 10.5. The topological polar surface area (TPSA) is 48.1 Å². The average Bonchev–Trinajstić information content (AvgIpc) is 2.34. The van der Waals surface area contributed by atoms with E-state index < -0.39 is 0 Å². The minimum Gasteiger partial charge on any atom is -0.492 e. The third kappa shape index (κ3) is 2.94. The first-order chi connectivity index (χ1) is 9.02. The van der Waals surface area contributed by atoms with E-state index in [4.69, 9.17) is 33.7 Å². The summed E-state index contributed by atoms with van der Waals surface area (Å²) in [5.74, 6) is 1.06. The van der Waals surface area contributed by atoms with Crippen LogP contribution in [-0.4, -0.2) is 11.6 Å². The molecule has 0 saturated heterocycles. The van der Waals surface area contributed by atoms with E-state index in [9.17, 15) is 0 Å². The fourth-order valence-electron chi connectivity index (χ4n) is 1.86. The number of aromatic nitrogens is 1. The Labute approximate surface area is 122 Å². The summed E-state index contributed by atoms with van der Waals surface area (Å²) in [5, 5.41) is 1.10. The lowest BCUT2D eigenvalue weighted by atomic mass is 10.0. The van der Waals surface area contributed by atoms with Gasteiger partial charge in [-0.05, 0) is 31.5 Å². The maximum absolute atomic E-state index is 6.29. The van der Waals surface area contributed by atoms with E-state index in [1.807, 2.05) is 13.8 Å². The lowest BCUT2D eigenvalue weighted by Crippen LogP contribution is -1.95. The number of anilines is 1. The Morgan fingerprint density at radius 1 is 1.16 bits per heavy atom. The second-order valence-corrected chi connectivity index (χ2v) is 4.93. The van der Waals surface area contributed by atoms with Crippen molar-refractivity contribution in [2.45, 2.75) is 13.8 Å². The zero-order chi connectivity index (χ0) is 14.0. The molecule has 0 fully saturated rings. The number of nitrogens with two attached hydrogens (primary N) is 1. The summed E-state index contributed by atoms with van der Waals surface area (Å²) in [4.78, 5) is 4.09. The van der Waals surface area contributed by atoms with Crippen LogP contribution in [0.3, 0.4) is 0 Å². The van der Waals surface area contributed by atoms with Crippen LogP contribution in [0.2, 0.25) is 10.0 Å². The number of halogens is 2. The van der Waals surface area contributed by atoms with E-state index in [1.165, 1.54) is 0 Å². The Bertz CT molecular complexity index is 615. The fourth-order valence-corrected chi connectivity index (χ4v) is 2.33. The highest BCUT2D eigenvalue weighted by molar-refractivity contribution is 6.36. The van der Waals surface area contributed by atoms with E-state index in [-0.39, 0.29) is 0 Å². The van der Waals surface area contributed by atoms with Crippen molar-refractivity contribution in [1.82, 2.24) is 4.98 Å². The van der Waals surface area contributed by atoms with Crippen molar-refractivity contribution in [3.05, 3.63) is 40.0 Å². The number of hydrogen-bond acceptors (Lipinski definition) is 3. The Balaban J connectivity index is 2.53. The van der Waals surface area contributed by atoms with Gasteiger partial charge in [0.2, 0.25) is 0 Å². The highest BCUT2D eigenvalue weighted by Crippen LogP contribution is 2.37. The summed E-state index contributed by atoms with van der Waals surface area (Å²) in [6.45, 7) is 4.39. The highest BCUT2D eigenvalue weighted by Gasteiger charge is 2.12. The Kier molecular flexibility index (Phi) is 4.17. The number of benzene rings is 1. The largest absolute Gasteiger partial charge is 0.492 e. The van der Waals surface area contributed by atoms with Gasteiger partial charge in [-0.25, -0.2) is 4.98 Å². The summed E-state index contributed by atoms with van der Waals surface area (Å²) < 4.78 is 5.41. The zero-order valence-electron chi connectivity index (χ0n) is 10.7. The maximum Gasteiger partial charge on any atom is 0.139 e. The van der Waals surface area contributed by atoms with E-state index in [0.29, 0.717) is 28.2 Å². The van der Waals surface area contributed by atoms with Gasteiger partial charge in [-0.2, -0.15) is 0 Å². The van der Waals surface area contributed by atoms with Crippen molar-refractivity contribution >= 4 is 29.0 Å². The van der Waals surface area contributed by atoms with Crippen LogP contribution in [0.4, 0.5) is 5.82 Å². The van der Waals surface area contributed by atoms with Gasteiger partial charge in [0, 0.05) is 23.4 Å². The van der Waals surface area contributed by atoms with Crippen molar-refractivity contribution in [2.24, 2.45) is 0 Å². The van der Waals surface area contributed by atoms with Crippen molar-refractivity contribution < 1.29 is 4.74 Å². The highest BCUT2D eigenvalue weighted by atomic mass is 35.5. The van der Waals surface area contributed by atoms with Gasteiger partial charge in [0.1, 0.15) is 11.6 Å². The molecule has 0 atom stereocenters. The van der Waals surface area contributed by atoms with Crippen LogP contribution in [0, 0.1) is 6.92 Å². The van der Waals surface area contributed by atoms with Gasteiger partial charge in [-0.1, -0.05) is 23.2 Å². The Hall–Kier alpha value is -1.45. The first-order valence-corrected chi connectivity index (χ1v) is 6.63. The molecule has 0 amide bonds. The first-order valence-electron chi connectivity index (χ1n) is 5.87. The van der Waals surface area contributed by atoms with Crippen molar-refractivity contribution in [2.75, 3.05) is 12.3 Å². The molecule has 0 aliphatic carbocycles. The Morgan fingerprint density at radius 3 is 2.53 bits per heavy atom. The second-order valence-electron chi connectivity index (χ2n) is 4.12. The van der Waals surface area contributed by atoms with E-state index in [2.05, 4.69) is 4.98 Å². The molecule has 0 bridgehead atoms. The molecular formula is C14H14Cl2N2O. The number of hydrogen-bond donors (Lipinski definition) is 1. The molecule has 2 N–H and O–H groups in total. The molecule has 0 aliphatic rings. The molecule has 1 heterocycles. The number of nitrogens with zero attached hydrogens (tertiary/aromatic N) is 1. The molecule has 100 valence electrons. The van der Waals surface area contributed by atoms with Crippen LogP contribution in [0.1, 0.15) is 12.5 Å². The van der Waals surface area contributed by atoms with Gasteiger partial charge in [0.15, 0.2) is 0 Å². The van der Waals surface area contributed by atoms with Gasteiger partial charge in [0.05, 0.1) is 16.7 Å². The lowest BCUT2D eigenvalue weighted by molar-refractivity contribution is 0.340. The molecular weight excluding hydrogens is 283 g/mol. The minimum atomic E-state index is 0.481. The van der Waals surface area contributed by atoms with E-state index in [1.54, 1.807) is 24.4 Å². The minimum absolute atomic E-state index is 0.481. The van der Waals surface area contributed by atoms with Crippen LogP contribution < -0.4 is 10.5 Å². The number of pyridine rings is 1. The summed E-state index contributed by atoms with van der Waals surface area (Å²) in [7, 11) is 0. The first kappa shape index (κ1) is 14.0. The molecule has 1 aromatic heterocycles. The third-order valence-corrected chi connectivity index (χ3v) is 3.35. The number of rotatable bonds is 3. The van der Waals surface area contributed by atoms with Crippen LogP contribution in [0.25, 0.3) is 11.1 Å². The number of aryl methyl sites for hydroxylation is 1. The molecule has 0 spiro atoms. The predicted molar refractivity (Wildman–Crippen MR) is 80.0 cm³/mol. The van der Waals surface area contributed by atoms with Gasteiger partial charge < -0.3 is 10.5 Å². The monoisotopic (exact) mass is 296 g/mol. The van der Waals surface area contributed by atoms with E-state index in [0.717, 1.165) is 16.7 Å². The fraction of sp³-hybridized carbons (Fsp3) is 0.214. The van der Waals surface area contributed by atoms with Crippen LogP contribution in [-0.2, 0) is 0 Å². The molecule has 0 saturated carbocycles. The van der Waals surface area contributed by atoms with Crippen LogP contribution in [0.15, 0.2) is 24.4 Å². The SMILES string of the molecule is CCOc1cc(Cl)c(-c2cnc(N)cc2C)cc1Cl. The smallest absolute Gasteiger partial charge is 0.139 e. The molecule has 0 unspecified atom stereocenters. The molecule has 5 heteroatoms. The van der Waals surface area contributed by atoms with Gasteiger partial charge in [-0.3, -0.25) is 0 Å². The Morgan fingerprint density at radius 2 is 1.89 bits per heavy atom. The molecule has 1 aromatic carbocycles. The molecule has 0 radical (unpaired) electrons. The summed E-state index contributed by atoms with van der Waals surface area (Å²) in [5.41, 5.74) is 8.37. The molecule has 2 aromatic rings. The standard InChI is InChI=1S/C14H14Cl2N2O/c1-3-19-13-6-11(15)9(5-12(13)16)10-7-18-14(17)4-8(10)2/h4-7H,3H2,1-2H3,(H2,17,18). The van der Waals surface area contributed by atoms with Crippen LogP contribution >= 0.6 is 23.2 Å². The van der Waals surface area contributed by atoms with E-state index >= 15 is 0 Å². The van der Waals surface area contributed by atoms with Crippen LogP contribution in [0.5, 0.6) is 5.75 Å². The van der Waals surface area contributed by atoms with Gasteiger partial charge in [-0.15, -0.1) is 0 Å². The predicted octanol–water partition coefficient (Wildman–Crippen LogP) is 4.34. The molecule has 3 nitrogen and oxygen atoms in total. The third-order valence-electron chi connectivity index (χ3n) is 2.74. The average molecular weight is 297 g/mol. The number of nitrogen functional groups attached to an aromatic ring is 1. The van der Waals surface area contributed by atoms with Crippen molar-refractivity contribution in [1.29, 1.82) is 0 Å². The molecule has 2 rings (SSSR count). The van der Waals surface area contributed by atoms with Gasteiger partial charge in [0.25, 0.3) is 0 Å². The maximum atomic E-state index is 6.29. The lowest BCUT2D eigenvalue weighted by Gasteiger charge is -2.12. The van der Waals surface area contributed by atoms with Gasteiger partial charge >= 0.3 is 0 Å². The molecule has 19 heavy (non-hydrogen) atoms. The van der Waals surface area contributed by atoms with Crippen molar-refractivity contribution in [3.8, 4) is 16.9 Å². The summed E-state index contributed by atoms with van der Waals surface area (Å²) in [6, 6.07) is 5.31. The zero-order valence-corrected chi connectivity index (χ0v) is 12.2. The second kappa shape index (κ2) is 5.68. The molecule has 0 aliphatic heterocycles. The number of ether oxygens (including phenoxy) is 1. The summed E-state index contributed by atoms with van der Waals surface area (Å²) in [6.07, 6.45) is 1.70. The summed E-state index contributed by atoms with van der Waals surface area (Å²) >= 11 is 12.5. The quantitative estimate of drug-likeness (QED) is 0.916.